The lowest BCUT2D eigenvalue weighted by molar-refractivity contribution is -0.887. The van der Waals surface area contributed by atoms with Gasteiger partial charge in [0.15, 0.2) is 12.1 Å². The summed E-state index contributed by atoms with van der Waals surface area (Å²) in [5.74, 6) is -1.59. The molecule has 2 unspecified atom stereocenters. The number of carbonyl (C=O) groups is 3. The van der Waals surface area contributed by atoms with Crippen molar-refractivity contribution in [1.82, 2.24) is 0 Å². The maximum atomic E-state index is 12.6. The number of hydrogen-bond donors (Lipinski definition) is 1. The minimum absolute atomic E-state index is 0.0301. The van der Waals surface area contributed by atoms with Crippen molar-refractivity contribution in [2.45, 2.75) is 148 Å². The van der Waals surface area contributed by atoms with Crippen molar-refractivity contribution in [1.29, 1.82) is 0 Å². The number of unbranched alkanes of at least 4 members (excludes halogenated alkanes) is 9. The van der Waals surface area contributed by atoms with Crippen molar-refractivity contribution >= 4 is 17.9 Å². The van der Waals surface area contributed by atoms with E-state index in [0.29, 0.717) is 19.3 Å². The van der Waals surface area contributed by atoms with E-state index < -0.39 is 18.1 Å². The second kappa shape index (κ2) is 33.2. The van der Waals surface area contributed by atoms with Gasteiger partial charge in [-0.15, -0.1) is 0 Å². The number of aliphatic carboxylic acids is 1. The zero-order valence-electron chi connectivity index (χ0n) is 32.3. The molecule has 0 aromatic heterocycles. The van der Waals surface area contributed by atoms with Crippen LogP contribution in [0.2, 0.25) is 0 Å². The van der Waals surface area contributed by atoms with Gasteiger partial charge in [0.1, 0.15) is 6.61 Å². The Morgan fingerprint density at radius 3 is 1.58 bits per heavy atom. The van der Waals surface area contributed by atoms with E-state index in [4.69, 9.17) is 14.2 Å². The molecule has 0 bridgehead atoms. The maximum absolute atomic E-state index is 12.6. The minimum Gasteiger partial charge on any atom is -0.477 e. The van der Waals surface area contributed by atoms with Crippen LogP contribution in [0.25, 0.3) is 0 Å². The van der Waals surface area contributed by atoms with Gasteiger partial charge in [0, 0.05) is 19.3 Å². The number of likely N-dealkylation sites (N-methyl/N-ethyl adjacent to an activating group) is 1. The summed E-state index contributed by atoms with van der Waals surface area (Å²) >= 11 is 0. The van der Waals surface area contributed by atoms with Crippen LogP contribution in [0.5, 0.6) is 0 Å². The molecule has 8 nitrogen and oxygen atoms in total. The SMILES string of the molecule is CCCCC/C=C/C/C=C/C/C=C/C/C=C/CCCC(=O)OCC(COCCC(C(=O)O)[N+](C)(C)C)OC(=O)CCC/C=C/CCCCCC. The Balaban J connectivity index is 4.51. The third-order valence-corrected chi connectivity index (χ3v) is 8.14. The van der Waals surface area contributed by atoms with Gasteiger partial charge < -0.3 is 23.8 Å². The topological polar surface area (TPSA) is 99.1 Å². The van der Waals surface area contributed by atoms with Crippen LogP contribution < -0.4 is 0 Å². The number of nitrogens with zero attached hydrogens (tertiary/aromatic N) is 1. The Hall–Kier alpha value is -2.97. The fourth-order valence-electron chi connectivity index (χ4n) is 5.08. The minimum atomic E-state index is -0.890. The van der Waals surface area contributed by atoms with Crippen LogP contribution in [-0.4, -0.2) is 80.6 Å². The number of carboxylic acid groups (broad SMARTS) is 1. The van der Waals surface area contributed by atoms with Crippen LogP contribution in [0.4, 0.5) is 0 Å². The van der Waals surface area contributed by atoms with Crippen LogP contribution in [0.15, 0.2) is 60.8 Å². The van der Waals surface area contributed by atoms with Gasteiger partial charge in [-0.05, 0) is 70.6 Å². The Kier molecular flexibility index (Phi) is 31.2. The van der Waals surface area contributed by atoms with E-state index in [-0.39, 0.29) is 49.1 Å². The number of carboxylic acids is 1. The van der Waals surface area contributed by atoms with Crippen molar-refractivity contribution in [2.24, 2.45) is 0 Å². The number of esters is 2. The molecule has 8 heteroatoms. The average molecular weight is 703 g/mol. The first-order valence-electron chi connectivity index (χ1n) is 19.3. The third kappa shape index (κ3) is 31.0. The molecular weight excluding hydrogens is 630 g/mol. The number of ether oxygens (including phenoxy) is 3. The first-order chi connectivity index (χ1) is 24.1. The molecule has 0 aliphatic carbocycles. The summed E-state index contributed by atoms with van der Waals surface area (Å²) in [5.41, 5.74) is 0. The van der Waals surface area contributed by atoms with Crippen LogP contribution in [0.3, 0.4) is 0 Å². The molecule has 1 N–H and O–H groups in total. The number of allylic oxidation sites excluding steroid dienone is 10. The fourth-order valence-corrected chi connectivity index (χ4v) is 5.08. The average Bonchev–Trinajstić information content (AvgIpc) is 3.06. The molecule has 0 fully saturated rings. The predicted molar refractivity (Wildman–Crippen MR) is 206 cm³/mol. The number of quaternary nitrogens is 1. The zero-order chi connectivity index (χ0) is 37.1. The fraction of sp³-hybridized carbons (Fsp3) is 0.690. The van der Waals surface area contributed by atoms with E-state index >= 15 is 0 Å². The van der Waals surface area contributed by atoms with Gasteiger partial charge >= 0.3 is 17.9 Å². The summed E-state index contributed by atoms with van der Waals surface area (Å²) in [5, 5.41) is 9.57. The normalized spacial score (nSPS) is 13.7. The van der Waals surface area contributed by atoms with Gasteiger partial charge in [-0.1, -0.05) is 107 Å². The van der Waals surface area contributed by atoms with Gasteiger partial charge in [0.05, 0.1) is 34.4 Å². The van der Waals surface area contributed by atoms with Crippen LogP contribution in [0.1, 0.15) is 136 Å². The second-order valence-corrected chi connectivity index (χ2v) is 13.8. The first kappa shape index (κ1) is 47.0. The highest BCUT2D eigenvalue weighted by Crippen LogP contribution is 2.11. The molecule has 286 valence electrons. The summed E-state index contributed by atoms with van der Waals surface area (Å²) in [4.78, 5) is 36.7. The van der Waals surface area contributed by atoms with Crippen LogP contribution >= 0.6 is 0 Å². The molecular formula is C42H72NO7+. The summed E-state index contributed by atoms with van der Waals surface area (Å²) < 4.78 is 17.1. The van der Waals surface area contributed by atoms with Crippen LogP contribution in [-0.2, 0) is 28.6 Å². The third-order valence-electron chi connectivity index (χ3n) is 8.14. The largest absolute Gasteiger partial charge is 0.477 e. The lowest BCUT2D eigenvalue weighted by Crippen LogP contribution is -2.50. The quantitative estimate of drug-likeness (QED) is 0.0315. The molecule has 0 rings (SSSR count). The zero-order valence-corrected chi connectivity index (χ0v) is 32.3. The monoisotopic (exact) mass is 703 g/mol. The van der Waals surface area contributed by atoms with Crippen LogP contribution in [0, 0.1) is 0 Å². The summed E-state index contributed by atoms with van der Waals surface area (Å²) in [6, 6.07) is -0.627. The first-order valence-corrected chi connectivity index (χ1v) is 19.3. The van der Waals surface area contributed by atoms with Gasteiger partial charge in [-0.2, -0.15) is 0 Å². The van der Waals surface area contributed by atoms with E-state index in [2.05, 4.69) is 74.6 Å². The maximum Gasteiger partial charge on any atom is 0.362 e. The molecule has 0 aromatic rings. The molecule has 0 aliphatic heterocycles. The van der Waals surface area contributed by atoms with Gasteiger partial charge in [-0.3, -0.25) is 9.59 Å². The molecule has 0 saturated heterocycles. The lowest BCUT2D eigenvalue weighted by atomic mass is 10.1. The van der Waals surface area contributed by atoms with E-state index in [0.717, 1.165) is 38.5 Å². The smallest absolute Gasteiger partial charge is 0.362 e. The van der Waals surface area contributed by atoms with E-state index in [1.54, 1.807) is 0 Å². The Morgan fingerprint density at radius 1 is 0.600 bits per heavy atom. The molecule has 0 aromatic carbocycles. The predicted octanol–water partition coefficient (Wildman–Crippen LogP) is 9.85. The van der Waals surface area contributed by atoms with E-state index in [1.165, 1.54) is 51.4 Å². The summed E-state index contributed by atoms with van der Waals surface area (Å²) in [6.45, 7) is 4.55. The van der Waals surface area contributed by atoms with Crippen molar-refractivity contribution in [3.8, 4) is 0 Å². The van der Waals surface area contributed by atoms with E-state index in [9.17, 15) is 19.5 Å². The van der Waals surface area contributed by atoms with Gasteiger partial charge in [-0.25, -0.2) is 4.79 Å². The highest BCUT2D eigenvalue weighted by molar-refractivity contribution is 5.72. The molecule has 0 aliphatic rings. The van der Waals surface area contributed by atoms with Crippen molar-refractivity contribution < 1.29 is 38.2 Å². The Bertz CT molecular complexity index is 1010. The van der Waals surface area contributed by atoms with Gasteiger partial charge in [0.2, 0.25) is 0 Å². The molecule has 0 heterocycles. The number of carbonyl (C=O) groups excluding carboxylic acids is 2. The van der Waals surface area contributed by atoms with Crippen molar-refractivity contribution in [3.63, 3.8) is 0 Å². The molecule has 0 radical (unpaired) electrons. The highest BCUT2D eigenvalue weighted by atomic mass is 16.6. The Morgan fingerprint density at radius 2 is 1.06 bits per heavy atom. The second-order valence-electron chi connectivity index (χ2n) is 13.8. The molecule has 0 amide bonds. The van der Waals surface area contributed by atoms with Crippen molar-refractivity contribution in [2.75, 3.05) is 41.0 Å². The molecule has 50 heavy (non-hydrogen) atoms. The van der Waals surface area contributed by atoms with Gasteiger partial charge in [0.25, 0.3) is 0 Å². The summed E-state index contributed by atoms with van der Waals surface area (Å²) in [7, 11) is 5.48. The highest BCUT2D eigenvalue weighted by Gasteiger charge is 2.31. The molecule has 0 saturated carbocycles. The molecule has 0 spiro atoms. The molecule has 2 atom stereocenters. The lowest BCUT2D eigenvalue weighted by Gasteiger charge is -2.31. The number of rotatable bonds is 33. The summed E-state index contributed by atoms with van der Waals surface area (Å²) in [6.07, 6.45) is 38.5. The number of hydrogen-bond acceptors (Lipinski definition) is 6. The van der Waals surface area contributed by atoms with E-state index in [1.807, 2.05) is 21.1 Å². The van der Waals surface area contributed by atoms with Crippen molar-refractivity contribution in [3.05, 3.63) is 60.8 Å². The standard InChI is InChI=1S/C42H71NO7/c1-6-8-10-12-14-16-17-18-19-20-21-22-23-25-26-28-30-32-40(44)49-37-38(36-48-35-34-39(42(46)47)43(3,4)5)50-41(45)33-31-29-27-24-15-13-11-9-7-2/h14,16,18-19,21-22,24-27,38-39H,6-13,15,17,20,23,28-37H2,1-5H3/p+1/b16-14+,19-18+,22-21+,26-25+,27-24+. The Labute approximate surface area is 305 Å².